The van der Waals surface area contributed by atoms with Gasteiger partial charge < -0.3 is 19.7 Å². The van der Waals surface area contributed by atoms with E-state index in [9.17, 15) is 0 Å². The highest BCUT2D eigenvalue weighted by atomic mass is 35.5. The van der Waals surface area contributed by atoms with Gasteiger partial charge in [-0.05, 0) is 25.2 Å². The molecule has 1 heterocycles. The molecule has 0 spiro atoms. The summed E-state index contributed by atoms with van der Waals surface area (Å²) in [7, 11) is 3.79. The van der Waals surface area contributed by atoms with Crippen LogP contribution in [0.1, 0.15) is 5.56 Å². The van der Waals surface area contributed by atoms with E-state index < -0.39 is 0 Å². The monoisotopic (exact) mass is 284 g/mol. The number of hydrogen-bond donors (Lipinski definition) is 1. The number of halogens is 1. The number of nitrogens with zero attached hydrogens (tertiary/aromatic N) is 1. The average Bonchev–Trinajstić information content (AvgIpc) is 2.39. The van der Waals surface area contributed by atoms with Gasteiger partial charge in [0.1, 0.15) is 5.75 Å². The second-order valence-electron chi connectivity index (χ2n) is 4.84. The molecule has 0 saturated carbocycles. The second kappa shape index (κ2) is 7.10. The summed E-state index contributed by atoms with van der Waals surface area (Å²) >= 11 is 6.01. The van der Waals surface area contributed by atoms with E-state index in [4.69, 9.17) is 21.1 Å². The first kappa shape index (κ1) is 14.6. The zero-order valence-corrected chi connectivity index (χ0v) is 12.2. The molecule has 19 heavy (non-hydrogen) atoms. The fraction of sp³-hybridized carbons (Fsp3) is 0.571. The molecule has 106 valence electrons. The van der Waals surface area contributed by atoms with Crippen LogP contribution in [-0.4, -0.2) is 51.4 Å². The number of rotatable bonds is 5. The van der Waals surface area contributed by atoms with Crippen molar-refractivity contribution in [1.82, 2.24) is 10.2 Å². The highest BCUT2D eigenvalue weighted by molar-refractivity contribution is 6.30. The summed E-state index contributed by atoms with van der Waals surface area (Å²) < 4.78 is 11.0. The molecule has 0 amide bonds. The molecule has 1 fully saturated rings. The molecule has 1 saturated heterocycles. The van der Waals surface area contributed by atoms with Crippen molar-refractivity contribution in [2.45, 2.75) is 12.6 Å². The van der Waals surface area contributed by atoms with Gasteiger partial charge in [0, 0.05) is 36.8 Å². The largest absolute Gasteiger partial charge is 0.496 e. The Hall–Kier alpha value is -0.810. The van der Waals surface area contributed by atoms with E-state index in [1.54, 1.807) is 7.11 Å². The molecule has 1 aromatic carbocycles. The van der Waals surface area contributed by atoms with Crippen LogP contribution in [0.4, 0.5) is 0 Å². The maximum absolute atomic E-state index is 6.01. The number of nitrogens with one attached hydrogen (secondary N) is 1. The molecule has 1 aliphatic rings. The van der Waals surface area contributed by atoms with Crippen molar-refractivity contribution >= 4 is 11.6 Å². The molecule has 0 aromatic heterocycles. The number of likely N-dealkylation sites (N-methyl/N-ethyl adjacent to an activating group) is 1. The summed E-state index contributed by atoms with van der Waals surface area (Å²) in [4.78, 5) is 2.29. The van der Waals surface area contributed by atoms with Crippen molar-refractivity contribution in [2.24, 2.45) is 0 Å². The zero-order chi connectivity index (χ0) is 13.7. The summed E-state index contributed by atoms with van der Waals surface area (Å²) in [6, 6.07) is 5.66. The maximum atomic E-state index is 6.01. The minimum absolute atomic E-state index is 0.254. The topological polar surface area (TPSA) is 33.7 Å². The fourth-order valence-electron chi connectivity index (χ4n) is 2.24. The summed E-state index contributed by atoms with van der Waals surface area (Å²) in [5.74, 6) is 0.860. The third-order valence-electron chi connectivity index (χ3n) is 3.27. The Kier molecular flexibility index (Phi) is 5.45. The molecule has 5 heteroatoms. The molecule has 4 nitrogen and oxygen atoms in total. The van der Waals surface area contributed by atoms with Crippen molar-refractivity contribution in [3.63, 3.8) is 0 Å². The van der Waals surface area contributed by atoms with E-state index in [1.165, 1.54) is 0 Å². The lowest BCUT2D eigenvalue weighted by molar-refractivity contribution is -0.0182. The molecule has 0 radical (unpaired) electrons. The lowest BCUT2D eigenvalue weighted by Gasteiger charge is -2.30. The Morgan fingerprint density at radius 3 is 3.11 bits per heavy atom. The number of morpholine rings is 1. The van der Waals surface area contributed by atoms with Gasteiger partial charge in [-0.1, -0.05) is 11.6 Å². The van der Waals surface area contributed by atoms with E-state index in [2.05, 4.69) is 17.3 Å². The lowest BCUT2D eigenvalue weighted by atomic mass is 10.2. The smallest absolute Gasteiger partial charge is 0.123 e. The van der Waals surface area contributed by atoms with Gasteiger partial charge in [0.15, 0.2) is 0 Å². The van der Waals surface area contributed by atoms with Gasteiger partial charge in [-0.2, -0.15) is 0 Å². The first-order valence-electron chi connectivity index (χ1n) is 6.52. The molecule has 1 aromatic rings. The highest BCUT2D eigenvalue weighted by Gasteiger charge is 2.17. The molecule has 0 bridgehead atoms. The van der Waals surface area contributed by atoms with Gasteiger partial charge in [-0.15, -0.1) is 0 Å². The third kappa shape index (κ3) is 4.35. The second-order valence-corrected chi connectivity index (χ2v) is 5.28. The van der Waals surface area contributed by atoms with Crippen LogP contribution in [0.5, 0.6) is 5.75 Å². The molecule has 1 atom stereocenters. The van der Waals surface area contributed by atoms with Gasteiger partial charge in [0.05, 0.1) is 19.8 Å². The van der Waals surface area contributed by atoms with Crippen molar-refractivity contribution in [3.8, 4) is 5.75 Å². The normalized spacial score (nSPS) is 20.5. The van der Waals surface area contributed by atoms with Gasteiger partial charge in [-0.25, -0.2) is 0 Å². The number of hydrogen-bond acceptors (Lipinski definition) is 4. The standard InChI is InChI=1S/C14H21ClN2O2/c1-17-5-6-19-13(10-17)9-16-8-11-7-12(15)3-4-14(11)18-2/h3-4,7,13,16H,5-6,8-10H2,1-2H3/t13-/m1/s1. The first-order valence-corrected chi connectivity index (χ1v) is 6.90. The van der Waals surface area contributed by atoms with Gasteiger partial charge in [0.2, 0.25) is 0 Å². The van der Waals surface area contributed by atoms with E-state index >= 15 is 0 Å². The Bertz CT molecular complexity index is 414. The molecule has 2 rings (SSSR count). The van der Waals surface area contributed by atoms with Crippen LogP contribution in [-0.2, 0) is 11.3 Å². The number of methoxy groups -OCH3 is 1. The Balaban J connectivity index is 1.83. The van der Waals surface area contributed by atoms with E-state index in [0.717, 1.165) is 49.1 Å². The molecule has 1 aliphatic heterocycles. The molecule has 1 N–H and O–H groups in total. The molecule has 0 unspecified atom stereocenters. The van der Waals surface area contributed by atoms with E-state index in [-0.39, 0.29) is 6.10 Å². The molecular weight excluding hydrogens is 264 g/mol. The Morgan fingerprint density at radius 2 is 2.37 bits per heavy atom. The summed E-state index contributed by atoms with van der Waals surface area (Å²) in [5.41, 5.74) is 1.07. The van der Waals surface area contributed by atoms with Gasteiger partial charge in [0.25, 0.3) is 0 Å². The van der Waals surface area contributed by atoms with Crippen molar-refractivity contribution in [3.05, 3.63) is 28.8 Å². The molecular formula is C14H21ClN2O2. The van der Waals surface area contributed by atoms with Crippen LogP contribution < -0.4 is 10.1 Å². The third-order valence-corrected chi connectivity index (χ3v) is 3.51. The maximum Gasteiger partial charge on any atom is 0.123 e. The van der Waals surface area contributed by atoms with Crippen molar-refractivity contribution in [1.29, 1.82) is 0 Å². The fourth-order valence-corrected chi connectivity index (χ4v) is 2.44. The van der Waals surface area contributed by atoms with Gasteiger partial charge in [-0.3, -0.25) is 0 Å². The number of ether oxygens (including phenoxy) is 2. The summed E-state index contributed by atoms with van der Waals surface area (Å²) in [5, 5.41) is 4.13. The average molecular weight is 285 g/mol. The number of benzene rings is 1. The Morgan fingerprint density at radius 1 is 1.53 bits per heavy atom. The summed E-state index contributed by atoms with van der Waals surface area (Å²) in [6.45, 7) is 4.36. The highest BCUT2D eigenvalue weighted by Crippen LogP contribution is 2.22. The quantitative estimate of drug-likeness (QED) is 0.894. The van der Waals surface area contributed by atoms with Crippen LogP contribution >= 0.6 is 11.6 Å². The predicted molar refractivity (Wildman–Crippen MR) is 76.9 cm³/mol. The SMILES string of the molecule is COc1ccc(Cl)cc1CNC[C@@H]1CN(C)CCO1. The van der Waals surface area contributed by atoms with Crippen LogP contribution in [0, 0.1) is 0 Å². The van der Waals surface area contributed by atoms with Crippen LogP contribution in [0.2, 0.25) is 5.02 Å². The van der Waals surface area contributed by atoms with E-state index in [0.29, 0.717) is 0 Å². The van der Waals surface area contributed by atoms with Crippen molar-refractivity contribution in [2.75, 3.05) is 40.4 Å². The van der Waals surface area contributed by atoms with Crippen LogP contribution in [0.15, 0.2) is 18.2 Å². The van der Waals surface area contributed by atoms with Gasteiger partial charge >= 0.3 is 0 Å². The summed E-state index contributed by atoms with van der Waals surface area (Å²) in [6.07, 6.45) is 0.254. The van der Waals surface area contributed by atoms with Crippen LogP contribution in [0.3, 0.4) is 0 Å². The first-order chi connectivity index (χ1) is 9.19. The van der Waals surface area contributed by atoms with Crippen molar-refractivity contribution < 1.29 is 9.47 Å². The minimum atomic E-state index is 0.254. The zero-order valence-electron chi connectivity index (χ0n) is 11.5. The van der Waals surface area contributed by atoms with E-state index in [1.807, 2.05) is 18.2 Å². The van der Waals surface area contributed by atoms with Crippen LogP contribution in [0.25, 0.3) is 0 Å². The predicted octanol–water partition coefficient (Wildman–Crippen LogP) is 1.77. The Labute approximate surface area is 119 Å². The minimum Gasteiger partial charge on any atom is -0.496 e. The lowest BCUT2D eigenvalue weighted by Crippen LogP contribution is -2.44. The molecule has 0 aliphatic carbocycles.